The van der Waals surface area contributed by atoms with Gasteiger partial charge in [-0.05, 0) is 49.2 Å². The minimum atomic E-state index is -0.164. The maximum Gasteiger partial charge on any atom is 0.257 e. The van der Waals surface area contributed by atoms with Gasteiger partial charge in [-0.25, -0.2) is 0 Å². The van der Waals surface area contributed by atoms with E-state index in [1.807, 2.05) is 42.5 Å². The molecule has 6 nitrogen and oxygen atoms in total. The second-order valence-electron chi connectivity index (χ2n) is 6.49. The molecule has 6 heteroatoms. The Kier molecular flexibility index (Phi) is 7.69. The molecule has 0 saturated carbocycles. The first-order chi connectivity index (χ1) is 14.3. The van der Waals surface area contributed by atoms with E-state index in [1.165, 1.54) is 0 Å². The van der Waals surface area contributed by atoms with E-state index in [0.717, 1.165) is 28.8 Å². The fourth-order valence-electron chi connectivity index (χ4n) is 2.73. The highest BCUT2D eigenvalue weighted by Crippen LogP contribution is 2.22. The summed E-state index contributed by atoms with van der Waals surface area (Å²) in [6.07, 6.45) is 3.40. The van der Waals surface area contributed by atoms with Crippen molar-refractivity contribution in [3.8, 4) is 17.2 Å². The SMILES string of the molecule is CCCOc1ccc(OCC(=O)NCCCOc2cccc3cccnc23)cc1. The second-order valence-corrected chi connectivity index (χ2v) is 6.49. The molecule has 0 radical (unpaired) electrons. The molecule has 0 saturated heterocycles. The van der Waals surface area contributed by atoms with Crippen molar-refractivity contribution < 1.29 is 19.0 Å². The maximum absolute atomic E-state index is 11.9. The van der Waals surface area contributed by atoms with E-state index in [0.29, 0.717) is 31.9 Å². The molecule has 2 aromatic carbocycles. The predicted molar refractivity (Wildman–Crippen MR) is 113 cm³/mol. The first-order valence-electron chi connectivity index (χ1n) is 9.85. The molecule has 1 aromatic heterocycles. The largest absolute Gasteiger partial charge is 0.494 e. The van der Waals surface area contributed by atoms with Crippen LogP contribution in [0.4, 0.5) is 0 Å². The van der Waals surface area contributed by atoms with E-state index in [1.54, 1.807) is 18.3 Å². The van der Waals surface area contributed by atoms with Gasteiger partial charge in [-0.3, -0.25) is 9.78 Å². The normalized spacial score (nSPS) is 10.5. The van der Waals surface area contributed by atoms with E-state index in [-0.39, 0.29) is 12.5 Å². The number of hydrogen-bond acceptors (Lipinski definition) is 5. The zero-order chi connectivity index (χ0) is 20.3. The lowest BCUT2D eigenvalue weighted by atomic mass is 10.2. The van der Waals surface area contributed by atoms with Crippen LogP contribution in [0.3, 0.4) is 0 Å². The van der Waals surface area contributed by atoms with Crippen LogP contribution in [0, 0.1) is 0 Å². The number of para-hydroxylation sites is 1. The third kappa shape index (κ3) is 6.38. The van der Waals surface area contributed by atoms with Crippen LogP contribution in [0.15, 0.2) is 60.8 Å². The van der Waals surface area contributed by atoms with Crippen molar-refractivity contribution in [3.63, 3.8) is 0 Å². The second kappa shape index (κ2) is 10.9. The highest BCUT2D eigenvalue weighted by molar-refractivity contribution is 5.84. The molecule has 0 atom stereocenters. The summed E-state index contributed by atoms with van der Waals surface area (Å²) in [4.78, 5) is 16.3. The number of ether oxygens (including phenoxy) is 3. The van der Waals surface area contributed by atoms with Crippen LogP contribution in [-0.4, -0.2) is 37.3 Å². The number of fused-ring (bicyclic) bond motifs is 1. The lowest BCUT2D eigenvalue weighted by Crippen LogP contribution is -2.30. The maximum atomic E-state index is 11.9. The van der Waals surface area contributed by atoms with Gasteiger partial charge in [0, 0.05) is 18.1 Å². The van der Waals surface area contributed by atoms with Crippen molar-refractivity contribution in [1.82, 2.24) is 10.3 Å². The van der Waals surface area contributed by atoms with Gasteiger partial charge < -0.3 is 19.5 Å². The van der Waals surface area contributed by atoms with Crippen LogP contribution in [0.2, 0.25) is 0 Å². The molecule has 0 fully saturated rings. The van der Waals surface area contributed by atoms with Crippen LogP contribution in [0.5, 0.6) is 17.2 Å². The fraction of sp³-hybridized carbons (Fsp3) is 0.304. The van der Waals surface area contributed by atoms with Crippen LogP contribution >= 0.6 is 0 Å². The Morgan fingerprint density at radius 1 is 0.931 bits per heavy atom. The van der Waals surface area contributed by atoms with Crippen molar-refractivity contribution in [2.24, 2.45) is 0 Å². The van der Waals surface area contributed by atoms with Crippen molar-refractivity contribution in [1.29, 1.82) is 0 Å². The smallest absolute Gasteiger partial charge is 0.257 e. The van der Waals surface area contributed by atoms with Gasteiger partial charge in [0.1, 0.15) is 22.8 Å². The van der Waals surface area contributed by atoms with Crippen molar-refractivity contribution in [2.75, 3.05) is 26.4 Å². The van der Waals surface area contributed by atoms with E-state index in [9.17, 15) is 4.79 Å². The zero-order valence-electron chi connectivity index (χ0n) is 16.6. The van der Waals surface area contributed by atoms with Gasteiger partial charge in [0.15, 0.2) is 6.61 Å². The lowest BCUT2D eigenvalue weighted by molar-refractivity contribution is -0.123. The molecule has 0 aliphatic carbocycles. The number of nitrogens with zero attached hydrogens (tertiary/aromatic N) is 1. The van der Waals surface area contributed by atoms with Crippen LogP contribution in [-0.2, 0) is 4.79 Å². The Bertz CT molecular complexity index is 907. The van der Waals surface area contributed by atoms with E-state index < -0.39 is 0 Å². The summed E-state index contributed by atoms with van der Waals surface area (Å²) in [7, 11) is 0. The van der Waals surface area contributed by atoms with Crippen LogP contribution in [0.25, 0.3) is 10.9 Å². The summed E-state index contributed by atoms with van der Waals surface area (Å²) in [6.45, 7) is 3.73. The van der Waals surface area contributed by atoms with Gasteiger partial charge in [0.05, 0.1) is 13.2 Å². The van der Waals surface area contributed by atoms with Gasteiger partial charge in [0.2, 0.25) is 0 Å². The first kappa shape index (κ1) is 20.5. The number of nitrogens with one attached hydrogen (secondary N) is 1. The van der Waals surface area contributed by atoms with E-state index in [2.05, 4.69) is 17.2 Å². The van der Waals surface area contributed by atoms with Gasteiger partial charge in [-0.1, -0.05) is 25.1 Å². The highest BCUT2D eigenvalue weighted by atomic mass is 16.5. The summed E-state index contributed by atoms with van der Waals surface area (Å²) >= 11 is 0. The highest BCUT2D eigenvalue weighted by Gasteiger charge is 2.05. The van der Waals surface area contributed by atoms with E-state index >= 15 is 0 Å². The standard InChI is InChI=1S/C23H26N2O4/c1-2-15-27-19-9-11-20(12-10-19)29-17-22(26)24-14-5-16-28-21-8-3-6-18-7-4-13-25-23(18)21/h3-4,6-13H,2,5,14-17H2,1H3,(H,24,26). The molecule has 3 rings (SSSR count). The number of carbonyl (C=O) groups excluding carboxylic acids is 1. The third-order valence-electron chi connectivity index (χ3n) is 4.16. The average molecular weight is 394 g/mol. The van der Waals surface area contributed by atoms with Crippen molar-refractivity contribution in [2.45, 2.75) is 19.8 Å². The molecule has 0 bridgehead atoms. The van der Waals surface area contributed by atoms with Gasteiger partial charge in [-0.2, -0.15) is 0 Å². The molecule has 0 aliphatic rings. The topological polar surface area (TPSA) is 69.7 Å². The number of carbonyl (C=O) groups is 1. The number of amides is 1. The monoisotopic (exact) mass is 394 g/mol. The van der Waals surface area contributed by atoms with Crippen molar-refractivity contribution >= 4 is 16.8 Å². The molecular formula is C23H26N2O4. The summed E-state index contributed by atoms with van der Waals surface area (Å²) in [6, 6.07) is 17.0. The summed E-state index contributed by atoms with van der Waals surface area (Å²) in [5, 5.41) is 3.87. The Morgan fingerprint density at radius 2 is 1.69 bits per heavy atom. The summed E-state index contributed by atoms with van der Waals surface area (Å²) < 4.78 is 16.8. The quantitative estimate of drug-likeness (QED) is 0.498. The fourth-order valence-corrected chi connectivity index (χ4v) is 2.73. The number of pyridine rings is 1. The van der Waals surface area contributed by atoms with Crippen molar-refractivity contribution in [3.05, 3.63) is 60.8 Å². The van der Waals surface area contributed by atoms with Gasteiger partial charge >= 0.3 is 0 Å². The molecule has 1 amide bonds. The van der Waals surface area contributed by atoms with Gasteiger partial charge in [-0.15, -0.1) is 0 Å². The summed E-state index contributed by atoms with van der Waals surface area (Å²) in [5.41, 5.74) is 0.846. The Balaban J connectivity index is 1.33. The molecule has 0 aliphatic heterocycles. The Labute approximate surface area is 170 Å². The Morgan fingerprint density at radius 3 is 2.48 bits per heavy atom. The third-order valence-corrected chi connectivity index (χ3v) is 4.16. The van der Waals surface area contributed by atoms with Gasteiger partial charge in [0.25, 0.3) is 5.91 Å². The number of aromatic nitrogens is 1. The van der Waals surface area contributed by atoms with E-state index in [4.69, 9.17) is 14.2 Å². The average Bonchev–Trinajstić information content (AvgIpc) is 2.77. The minimum absolute atomic E-state index is 0.0245. The molecule has 0 unspecified atom stereocenters. The molecule has 0 spiro atoms. The molecule has 3 aromatic rings. The minimum Gasteiger partial charge on any atom is -0.494 e. The predicted octanol–water partition coefficient (Wildman–Crippen LogP) is 3.99. The van der Waals surface area contributed by atoms with Crippen LogP contribution < -0.4 is 19.5 Å². The molecule has 29 heavy (non-hydrogen) atoms. The molecule has 1 N–H and O–H groups in total. The number of hydrogen-bond donors (Lipinski definition) is 1. The summed E-state index contributed by atoms with van der Waals surface area (Å²) in [5.74, 6) is 2.02. The molecule has 1 heterocycles. The zero-order valence-corrected chi connectivity index (χ0v) is 16.6. The number of rotatable bonds is 11. The first-order valence-corrected chi connectivity index (χ1v) is 9.85. The molecular weight excluding hydrogens is 368 g/mol. The Hall–Kier alpha value is -3.28. The van der Waals surface area contributed by atoms with Crippen LogP contribution in [0.1, 0.15) is 19.8 Å². The number of benzene rings is 2. The lowest BCUT2D eigenvalue weighted by Gasteiger charge is -2.10. The molecule has 152 valence electrons.